The van der Waals surface area contributed by atoms with Gasteiger partial charge in [-0.05, 0) is 66.4 Å². The predicted octanol–water partition coefficient (Wildman–Crippen LogP) is 2.94. The molecule has 0 spiro atoms. The van der Waals surface area contributed by atoms with Crippen molar-refractivity contribution in [3.63, 3.8) is 0 Å². The van der Waals surface area contributed by atoms with Crippen LogP contribution in [0.15, 0.2) is 33.8 Å². The van der Waals surface area contributed by atoms with Crippen LogP contribution in [0.1, 0.15) is 23.2 Å². The maximum atomic E-state index is 12.2. The van der Waals surface area contributed by atoms with Gasteiger partial charge in [0.25, 0.3) is 0 Å². The second-order valence-electron chi connectivity index (χ2n) is 5.32. The molecule has 1 N–H and O–H groups in total. The third-order valence-electron chi connectivity index (χ3n) is 3.53. The van der Waals surface area contributed by atoms with E-state index in [0.717, 1.165) is 21.3 Å². The van der Waals surface area contributed by atoms with Gasteiger partial charge in [0.15, 0.2) is 0 Å². The van der Waals surface area contributed by atoms with Crippen molar-refractivity contribution in [2.75, 3.05) is 6.54 Å². The third kappa shape index (κ3) is 4.18. The Morgan fingerprint density at radius 1 is 1.23 bits per heavy atom. The summed E-state index contributed by atoms with van der Waals surface area (Å²) in [4.78, 5) is 0.313. The van der Waals surface area contributed by atoms with E-state index in [2.05, 4.69) is 25.8 Å². The summed E-state index contributed by atoms with van der Waals surface area (Å²) in [5.74, 6) is 0. The van der Waals surface area contributed by atoms with Crippen LogP contribution in [0.4, 0.5) is 0 Å². The summed E-state index contributed by atoms with van der Waals surface area (Å²) in [5.41, 5.74) is 2.98. The SMILES string of the molecule is Cc1ccc(S(=O)(=O)NCCCn2cc(Br)c(C)n2)cc1C. The highest BCUT2D eigenvalue weighted by molar-refractivity contribution is 9.10. The highest BCUT2D eigenvalue weighted by atomic mass is 79.9. The topological polar surface area (TPSA) is 64.0 Å². The minimum atomic E-state index is -3.45. The van der Waals surface area contributed by atoms with Gasteiger partial charge >= 0.3 is 0 Å². The lowest BCUT2D eigenvalue weighted by atomic mass is 10.1. The number of aromatic nitrogens is 2. The van der Waals surface area contributed by atoms with Gasteiger partial charge < -0.3 is 0 Å². The largest absolute Gasteiger partial charge is 0.271 e. The quantitative estimate of drug-likeness (QED) is 0.777. The van der Waals surface area contributed by atoms with E-state index in [1.807, 2.05) is 37.7 Å². The van der Waals surface area contributed by atoms with Crippen LogP contribution in [0.3, 0.4) is 0 Å². The van der Waals surface area contributed by atoms with E-state index in [1.165, 1.54) is 0 Å². The van der Waals surface area contributed by atoms with E-state index in [0.29, 0.717) is 24.4 Å². The number of halogens is 1. The molecule has 0 aliphatic heterocycles. The second kappa shape index (κ2) is 6.93. The number of hydrogen-bond acceptors (Lipinski definition) is 3. The van der Waals surface area contributed by atoms with Gasteiger partial charge in [0.05, 0.1) is 15.1 Å². The molecule has 0 radical (unpaired) electrons. The standard InChI is InChI=1S/C15H20BrN3O2S/c1-11-5-6-14(9-12(11)2)22(20,21)17-7-4-8-19-10-15(16)13(3)18-19/h5-6,9-10,17H,4,7-8H2,1-3H3. The normalized spacial score (nSPS) is 11.8. The van der Waals surface area contributed by atoms with Gasteiger partial charge in [-0.2, -0.15) is 5.10 Å². The molecule has 5 nitrogen and oxygen atoms in total. The predicted molar refractivity (Wildman–Crippen MR) is 90.4 cm³/mol. The van der Waals surface area contributed by atoms with Gasteiger partial charge in [0.2, 0.25) is 10.0 Å². The number of aryl methyl sites for hydroxylation is 4. The van der Waals surface area contributed by atoms with Crippen LogP contribution in [0.25, 0.3) is 0 Å². The van der Waals surface area contributed by atoms with E-state index in [4.69, 9.17) is 0 Å². The van der Waals surface area contributed by atoms with Crippen molar-refractivity contribution in [3.8, 4) is 0 Å². The van der Waals surface area contributed by atoms with Crippen LogP contribution in [0.5, 0.6) is 0 Å². The molecule has 0 aliphatic rings. The maximum Gasteiger partial charge on any atom is 0.240 e. The first-order valence-electron chi connectivity index (χ1n) is 7.06. The monoisotopic (exact) mass is 385 g/mol. The molecule has 7 heteroatoms. The molecule has 22 heavy (non-hydrogen) atoms. The number of benzene rings is 1. The highest BCUT2D eigenvalue weighted by Crippen LogP contribution is 2.15. The van der Waals surface area contributed by atoms with Crippen LogP contribution in [0.2, 0.25) is 0 Å². The lowest BCUT2D eigenvalue weighted by Crippen LogP contribution is -2.25. The van der Waals surface area contributed by atoms with Gasteiger partial charge in [0, 0.05) is 19.3 Å². The Bertz CT molecular complexity index is 750. The molecule has 1 heterocycles. The molecular formula is C15H20BrN3O2S. The Hall–Kier alpha value is -1.18. The summed E-state index contributed by atoms with van der Waals surface area (Å²) in [6, 6.07) is 5.16. The second-order valence-corrected chi connectivity index (χ2v) is 7.94. The lowest BCUT2D eigenvalue weighted by molar-refractivity contribution is 0.551. The summed E-state index contributed by atoms with van der Waals surface area (Å²) < 4.78 is 29.9. The van der Waals surface area contributed by atoms with E-state index in [1.54, 1.807) is 12.1 Å². The zero-order valence-electron chi connectivity index (χ0n) is 12.9. The summed E-state index contributed by atoms with van der Waals surface area (Å²) in [6.45, 7) is 6.84. The molecule has 120 valence electrons. The molecule has 0 saturated heterocycles. The Morgan fingerprint density at radius 2 is 1.95 bits per heavy atom. The van der Waals surface area contributed by atoms with Crippen molar-refractivity contribution in [1.82, 2.24) is 14.5 Å². The fraction of sp³-hybridized carbons (Fsp3) is 0.400. The summed E-state index contributed by atoms with van der Waals surface area (Å²) >= 11 is 3.41. The van der Waals surface area contributed by atoms with Crippen LogP contribution in [-0.2, 0) is 16.6 Å². The summed E-state index contributed by atoms with van der Waals surface area (Å²) in [5, 5.41) is 4.32. The Morgan fingerprint density at radius 3 is 2.55 bits per heavy atom. The summed E-state index contributed by atoms with van der Waals surface area (Å²) in [7, 11) is -3.45. The first-order valence-corrected chi connectivity index (χ1v) is 9.34. The molecule has 0 bridgehead atoms. The molecule has 0 saturated carbocycles. The van der Waals surface area contributed by atoms with Crippen LogP contribution in [0, 0.1) is 20.8 Å². The minimum Gasteiger partial charge on any atom is -0.271 e. The van der Waals surface area contributed by atoms with Crippen molar-refractivity contribution in [3.05, 3.63) is 45.7 Å². The molecule has 2 rings (SSSR count). The maximum absolute atomic E-state index is 12.2. The molecule has 1 aromatic heterocycles. The third-order valence-corrected chi connectivity index (χ3v) is 5.77. The summed E-state index contributed by atoms with van der Waals surface area (Å²) in [6.07, 6.45) is 2.57. The van der Waals surface area contributed by atoms with Crippen LogP contribution < -0.4 is 4.72 Å². The van der Waals surface area contributed by atoms with E-state index < -0.39 is 10.0 Å². The van der Waals surface area contributed by atoms with E-state index >= 15 is 0 Å². The molecule has 2 aromatic rings. The molecular weight excluding hydrogens is 366 g/mol. The number of sulfonamides is 1. The van der Waals surface area contributed by atoms with E-state index in [-0.39, 0.29) is 0 Å². The molecule has 0 unspecified atom stereocenters. The number of nitrogens with one attached hydrogen (secondary N) is 1. The lowest BCUT2D eigenvalue weighted by Gasteiger charge is -2.08. The van der Waals surface area contributed by atoms with Crippen molar-refractivity contribution in [1.29, 1.82) is 0 Å². The average molecular weight is 386 g/mol. The fourth-order valence-electron chi connectivity index (χ4n) is 2.02. The smallest absolute Gasteiger partial charge is 0.240 e. The van der Waals surface area contributed by atoms with Gasteiger partial charge in [0.1, 0.15) is 0 Å². The van der Waals surface area contributed by atoms with Gasteiger partial charge in [-0.25, -0.2) is 13.1 Å². The minimum absolute atomic E-state index is 0.313. The average Bonchev–Trinajstić information content (AvgIpc) is 2.77. The van der Waals surface area contributed by atoms with Gasteiger partial charge in [-0.1, -0.05) is 6.07 Å². The highest BCUT2D eigenvalue weighted by Gasteiger charge is 2.13. The Labute approximate surface area is 139 Å². The number of rotatable bonds is 6. The Balaban J connectivity index is 1.91. The molecule has 0 aliphatic carbocycles. The first kappa shape index (κ1) is 17.2. The van der Waals surface area contributed by atoms with Crippen molar-refractivity contribution >= 4 is 26.0 Å². The van der Waals surface area contributed by atoms with Gasteiger partial charge in [-0.3, -0.25) is 4.68 Å². The zero-order chi connectivity index (χ0) is 16.3. The molecule has 0 amide bonds. The number of hydrogen-bond donors (Lipinski definition) is 1. The Kier molecular flexibility index (Phi) is 5.41. The molecule has 0 atom stereocenters. The molecule has 1 aromatic carbocycles. The number of nitrogens with zero attached hydrogens (tertiary/aromatic N) is 2. The first-order chi connectivity index (χ1) is 10.3. The fourth-order valence-corrected chi connectivity index (χ4v) is 3.49. The van der Waals surface area contributed by atoms with E-state index in [9.17, 15) is 8.42 Å². The molecule has 0 fully saturated rings. The van der Waals surface area contributed by atoms with Crippen LogP contribution >= 0.6 is 15.9 Å². The van der Waals surface area contributed by atoms with Crippen molar-refractivity contribution in [2.24, 2.45) is 0 Å². The van der Waals surface area contributed by atoms with Crippen LogP contribution in [-0.4, -0.2) is 24.7 Å². The van der Waals surface area contributed by atoms with Crippen molar-refractivity contribution in [2.45, 2.75) is 38.6 Å². The van der Waals surface area contributed by atoms with Crippen molar-refractivity contribution < 1.29 is 8.42 Å². The van der Waals surface area contributed by atoms with Gasteiger partial charge in [-0.15, -0.1) is 0 Å². The zero-order valence-corrected chi connectivity index (χ0v) is 15.3.